The van der Waals surface area contributed by atoms with Crippen LogP contribution in [0.25, 0.3) is 0 Å². The van der Waals surface area contributed by atoms with Crippen molar-refractivity contribution in [1.82, 2.24) is 4.90 Å². The minimum atomic E-state index is -4.47. The number of carbonyl (C=O) groups is 1. The summed E-state index contributed by atoms with van der Waals surface area (Å²) in [5.74, 6) is -0.553. The van der Waals surface area contributed by atoms with Crippen molar-refractivity contribution in [3.05, 3.63) is 35.4 Å². The van der Waals surface area contributed by atoms with Gasteiger partial charge >= 0.3 is 6.18 Å². The SMILES string of the molecule is CC(CO)N(C)C(=O)c1cccc(C(F)(F)F)c1. The standard InChI is InChI=1S/C12H14F3NO2/c1-8(7-17)16(2)11(18)9-4-3-5-10(6-9)12(13,14)15/h3-6,8,17H,7H2,1-2H3. The molecule has 1 aromatic carbocycles. The maximum Gasteiger partial charge on any atom is 0.416 e. The lowest BCUT2D eigenvalue weighted by Gasteiger charge is -2.23. The quantitative estimate of drug-likeness (QED) is 0.905. The second kappa shape index (κ2) is 5.39. The second-order valence-corrected chi connectivity index (χ2v) is 4.03. The molecule has 0 aliphatic carbocycles. The number of halogens is 3. The monoisotopic (exact) mass is 261 g/mol. The van der Waals surface area contributed by atoms with E-state index in [-0.39, 0.29) is 12.2 Å². The van der Waals surface area contributed by atoms with Crippen LogP contribution in [0.3, 0.4) is 0 Å². The van der Waals surface area contributed by atoms with Gasteiger partial charge in [0.05, 0.1) is 18.2 Å². The molecule has 100 valence electrons. The van der Waals surface area contributed by atoms with E-state index in [0.717, 1.165) is 12.1 Å². The molecule has 6 heteroatoms. The van der Waals surface area contributed by atoms with E-state index in [4.69, 9.17) is 5.11 Å². The van der Waals surface area contributed by atoms with Crippen LogP contribution in [-0.4, -0.2) is 35.6 Å². The fraction of sp³-hybridized carbons (Fsp3) is 0.417. The number of aliphatic hydroxyl groups is 1. The molecule has 1 rings (SSSR count). The van der Waals surface area contributed by atoms with Crippen LogP contribution in [0.2, 0.25) is 0 Å². The Morgan fingerprint density at radius 3 is 2.56 bits per heavy atom. The van der Waals surface area contributed by atoms with E-state index >= 15 is 0 Å². The lowest BCUT2D eigenvalue weighted by atomic mass is 10.1. The van der Waals surface area contributed by atoms with Crippen molar-refractivity contribution in [2.75, 3.05) is 13.7 Å². The fourth-order valence-electron chi connectivity index (χ4n) is 1.35. The minimum Gasteiger partial charge on any atom is -0.394 e. The molecular weight excluding hydrogens is 247 g/mol. The number of carbonyl (C=O) groups excluding carboxylic acids is 1. The molecule has 0 fully saturated rings. The summed E-state index contributed by atoms with van der Waals surface area (Å²) in [4.78, 5) is 13.1. The van der Waals surface area contributed by atoms with Crippen molar-refractivity contribution in [3.8, 4) is 0 Å². The Kier molecular flexibility index (Phi) is 4.34. The first-order chi connectivity index (χ1) is 8.27. The predicted molar refractivity (Wildman–Crippen MR) is 60.1 cm³/mol. The highest BCUT2D eigenvalue weighted by Gasteiger charge is 2.31. The fourth-order valence-corrected chi connectivity index (χ4v) is 1.35. The lowest BCUT2D eigenvalue weighted by molar-refractivity contribution is -0.137. The van der Waals surface area contributed by atoms with Gasteiger partial charge in [-0.15, -0.1) is 0 Å². The number of hydrogen-bond acceptors (Lipinski definition) is 2. The van der Waals surface area contributed by atoms with Crippen molar-refractivity contribution in [1.29, 1.82) is 0 Å². The Hall–Kier alpha value is -1.56. The molecule has 0 bridgehead atoms. The molecule has 0 saturated carbocycles. The Morgan fingerprint density at radius 2 is 2.06 bits per heavy atom. The van der Waals surface area contributed by atoms with Gasteiger partial charge in [-0.1, -0.05) is 6.07 Å². The molecule has 1 atom stereocenters. The van der Waals surface area contributed by atoms with Crippen LogP contribution in [-0.2, 0) is 6.18 Å². The largest absolute Gasteiger partial charge is 0.416 e. The van der Waals surface area contributed by atoms with E-state index in [9.17, 15) is 18.0 Å². The number of amides is 1. The second-order valence-electron chi connectivity index (χ2n) is 4.03. The van der Waals surface area contributed by atoms with Gasteiger partial charge in [0, 0.05) is 12.6 Å². The number of nitrogens with zero attached hydrogens (tertiary/aromatic N) is 1. The number of aliphatic hydroxyl groups excluding tert-OH is 1. The summed E-state index contributed by atoms with van der Waals surface area (Å²) in [7, 11) is 1.43. The summed E-state index contributed by atoms with van der Waals surface area (Å²) in [6.07, 6.45) is -4.47. The smallest absolute Gasteiger partial charge is 0.394 e. The lowest BCUT2D eigenvalue weighted by Crippen LogP contribution is -2.37. The van der Waals surface area contributed by atoms with E-state index < -0.39 is 23.7 Å². The molecule has 0 heterocycles. The molecule has 1 N–H and O–H groups in total. The summed E-state index contributed by atoms with van der Waals surface area (Å²) < 4.78 is 37.5. The third-order valence-corrected chi connectivity index (χ3v) is 2.68. The van der Waals surface area contributed by atoms with Gasteiger partial charge in [0.15, 0.2) is 0 Å². The third kappa shape index (κ3) is 3.22. The molecule has 1 aromatic rings. The first-order valence-corrected chi connectivity index (χ1v) is 5.32. The average Bonchev–Trinajstić information content (AvgIpc) is 2.35. The van der Waals surface area contributed by atoms with Gasteiger partial charge in [0.1, 0.15) is 0 Å². The maximum atomic E-state index is 12.5. The van der Waals surface area contributed by atoms with Crippen molar-refractivity contribution < 1.29 is 23.1 Å². The van der Waals surface area contributed by atoms with Crippen LogP contribution in [0.1, 0.15) is 22.8 Å². The maximum absolute atomic E-state index is 12.5. The number of alkyl halides is 3. The van der Waals surface area contributed by atoms with Gasteiger partial charge in [-0.05, 0) is 25.1 Å². The van der Waals surface area contributed by atoms with E-state index in [1.165, 1.54) is 24.1 Å². The van der Waals surface area contributed by atoms with Crippen LogP contribution < -0.4 is 0 Å². The normalized spacial score (nSPS) is 13.2. The molecule has 0 aliphatic rings. The topological polar surface area (TPSA) is 40.5 Å². The number of benzene rings is 1. The van der Waals surface area contributed by atoms with Crippen molar-refractivity contribution in [2.24, 2.45) is 0 Å². The first kappa shape index (κ1) is 14.5. The van der Waals surface area contributed by atoms with Crippen LogP contribution >= 0.6 is 0 Å². The molecule has 0 aliphatic heterocycles. The highest BCUT2D eigenvalue weighted by molar-refractivity contribution is 5.94. The predicted octanol–water partition coefficient (Wildman–Crippen LogP) is 2.16. The Bertz CT molecular complexity index is 432. The van der Waals surface area contributed by atoms with Crippen LogP contribution in [0.5, 0.6) is 0 Å². The number of likely N-dealkylation sites (N-methyl/N-ethyl adjacent to an activating group) is 1. The van der Waals surface area contributed by atoms with Gasteiger partial charge in [-0.3, -0.25) is 4.79 Å². The van der Waals surface area contributed by atoms with Gasteiger partial charge < -0.3 is 10.0 Å². The zero-order valence-corrected chi connectivity index (χ0v) is 10.0. The molecule has 0 radical (unpaired) electrons. The minimum absolute atomic E-state index is 0.0485. The summed E-state index contributed by atoms with van der Waals surface area (Å²) >= 11 is 0. The summed E-state index contributed by atoms with van der Waals surface area (Å²) in [5, 5.41) is 8.91. The summed E-state index contributed by atoms with van der Waals surface area (Å²) in [6, 6.07) is 3.77. The molecule has 1 amide bonds. The molecule has 3 nitrogen and oxygen atoms in total. The zero-order valence-electron chi connectivity index (χ0n) is 10.0. The van der Waals surface area contributed by atoms with Gasteiger partial charge in [0.2, 0.25) is 0 Å². The van der Waals surface area contributed by atoms with Crippen molar-refractivity contribution in [3.63, 3.8) is 0 Å². The first-order valence-electron chi connectivity index (χ1n) is 5.32. The molecule has 0 saturated heterocycles. The van der Waals surface area contributed by atoms with Crippen LogP contribution in [0.15, 0.2) is 24.3 Å². The van der Waals surface area contributed by atoms with Crippen LogP contribution in [0, 0.1) is 0 Å². The molecule has 0 spiro atoms. The summed E-state index contributed by atoms with van der Waals surface area (Å²) in [6.45, 7) is 1.35. The molecule has 18 heavy (non-hydrogen) atoms. The van der Waals surface area contributed by atoms with Gasteiger partial charge in [-0.25, -0.2) is 0 Å². The highest BCUT2D eigenvalue weighted by atomic mass is 19.4. The van der Waals surface area contributed by atoms with Gasteiger partial charge in [-0.2, -0.15) is 13.2 Å². The van der Waals surface area contributed by atoms with Crippen molar-refractivity contribution in [2.45, 2.75) is 19.1 Å². The molecule has 0 aromatic heterocycles. The Balaban J connectivity index is 3.01. The Labute approximate surface area is 103 Å². The summed E-state index contributed by atoms with van der Waals surface area (Å²) in [5.41, 5.74) is -0.911. The van der Waals surface area contributed by atoms with E-state index in [1.807, 2.05) is 0 Å². The highest BCUT2D eigenvalue weighted by Crippen LogP contribution is 2.29. The van der Waals surface area contributed by atoms with Crippen molar-refractivity contribution >= 4 is 5.91 Å². The van der Waals surface area contributed by atoms with Gasteiger partial charge in [0.25, 0.3) is 5.91 Å². The van der Waals surface area contributed by atoms with E-state index in [2.05, 4.69) is 0 Å². The number of rotatable bonds is 3. The zero-order chi connectivity index (χ0) is 13.9. The number of hydrogen-bond donors (Lipinski definition) is 1. The third-order valence-electron chi connectivity index (χ3n) is 2.68. The van der Waals surface area contributed by atoms with E-state index in [1.54, 1.807) is 6.92 Å². The van der Waals surface area contributed by atoms with Crippen LogP contribution in [0.4, 0.5) is 13.2 Å². The molecular formula is C12H14F3NO2. The average molecular weight is 261 g/mol. The Morgan fingerprint density at radius 1 is 1.44 bits per heavy atom. The van der Waals surface area contributed by atoms with E-state index in [0.29, 0.717) is 0 Å². The molecule has 1 unspecified atom stereocenters.